The maximum absolute atomic E-state index is 13.2. The molecule has 0 spiro atoms. The zero-order chi connectivity index (χ0) is 13.1. The Morgan fingerprint density at radius 3 is 2.61 bits per heavy atom. The molecular weight excluding hydrogens is 361 g/mol. The number of hydrogen-bond acceptors (Lipinski definition) is 1. The van der Waals surface area contributed by atoms with E-state index in [4.69, 9.17) is 0 Å². The van der Waals surface area contributed by atoms with Gasteiger partial charge in [-0.3, -0.25) is 4.98 Å². The van der Waals surface area contributed by atoms with E-state index >= 15 is 0 Å². The van der Waals surface area contributed by atoms with E-state index in [-0.39, 0.29) is 16.6 Å². The van der Waals surface area contributed by atoms with Crippen molar-refractivity contribution in [2.24, 2.45) is 0 Å². The van der Waals surface area contributed by atoms with Gasteiger partial charge in [0.25, 0.3) is 0 Å². The second kappa shape index (κ2) is 5.93. The van der Waals surface area contributed by atoms with Crippen LogP contribution in [0.5, 0.6) is 0 Å². The van der Waals surface area contributed by atoms with Crippen LogP contribution < -0.4 is 0 Å². The molecular formula is C14H12Br2FN. The molecule has 2 aromatic rings. The Morgan fingerprint density at radius 2 is 2.00 bits per heavy atom. The zero-order valence-electron chi connectivity index (χ0n) is 9.78. The summed E-state index contributed by atoms with van der Waals surface area (Å²) < 4.78 is 13.7. The molecule has 1 aromatic carbocycles. The number of hydrogen-bond donors (Lipinski definition) is 0. The highest BCUT2D eigenvalue weighted by Gasteiger charge is 2.19. The molecule has 2 unspecified atom stereocenters. The molecule has 0 aliphatic rings. The van der Waals surface area contributed by atoms with E-state index in [1.165, 1.54) is 6.07 Å². The van der Waals surface area contributed by atoms with Crippen LogP contribution in [0.4, 0.5) is 4.39 Å². The maximum atomic E-state index is 13.2. The second-order valence-corrected chi connectivity index (χ2v) is 5.96. The van der Waals surface area contributed by atoms with Crippen LogP contribution in [0, 0.1) is 5.82 Å². The molecule has 0 amide bonds. The van der Waals surface area contributed by atoms with Gasteiger partial charge in [0, 0.05) is 22.6 Å². The van der Waals surface area contributed by atoms with E-state index in [0.717, 1.165) is 11.3 Å². The third-order valence-corrected chi connectivity index (χ3v) is 4.78. The van der Waals surface area contributed by atoms with Gasteiger partial charge in [-0.25, -0.2) is 4.39 Å². The Balaban J connectivity index is 2.25. The molecule has 2 atom stereocenters. The van der Waals surface area contributed by atoms with Crippen molar-refractivity contribution in [1.82, 2.24) is 4.98 Å². The minimum Gasteiger partial charge on any atom is -0.261 e. The molecule has 0 bridgehead atoms. The van der Waals surface area contributed by atoms with Crippen molar-refractivity contribution in [3.63, 3.8) is 0 Å². The highest BCUT2D eigenvalue weighted by molar-refractivity contribution is 9.10. The standard InChI is InChI=1S/C14H12Br2FN/c1-9(13-4-2-3-7-18-13)14(16)10-5-6-12(17)11(15)8-10/h2-9,14H,1H3. The van der Waals surface area contributed by atoms with Gasteiger partial charge in [-0.2, -0.15) is 0 Å². The van der Waals surface area contributed by atoms with Gasteiger partial charge in [0.1, 0.15) is 5.82 Å². The van der Waals surface area contributed by atoms with Crippen LogP contribution in [-0.4, -0.2) is 4.98 Å². The maximum Gasteiger partial charge on any atom is 0.137 e. The lowest BCUT2D eigenvalue weighted by Crippen LogP contribution is -2.04. The lowest BCUT2D eigenvalue weighted by molar-refractivity contribution is 0.619. The fourth-order valence-corrected chi connectivity index (χ4v) is 2.72. The van der Waals surface area contributed by atoms with Crippen molar-refractivity contribution in [1.29, 1.82) is 0 Å². The van der Waals surface area contributed by atoms with E-state index < -0.39 is 0 Å². The van der Waals surface area contributed by atoms with Gasteiger partial charge < -0.3 is 0 Å². The molecule has 1 heterocycles. The molecule has 94 valence electrons. The van der Waals surface area contributed by atoms with E-state index in [0.29, 0.717) is 4.47 Å². The molecule has 1 nitrogen and oxygen atoms in total. The molecule has 18 heavy (non-hydrogen) atoms. The Bertz CT molecular complexity index is 531. The Hall–Kier alpha value is -0.740. The summed E-state index contributed by atoms with van der Waals surface area (Å²) in [5, 5.41) is 0. The zero-order valence-corrected chi connectivity index (χ0v) is 12.9. The van der Waals surface area contributed by atoms with Crippen molar-refractivity contribution in [3.8, 4) is 0 Å². The topological polar surface area (TPSA) is 12.9 Å². The highest BCUT2D eigenvalue weighted by Crippen LogP contribution is 2.37. The molecule has 0 fully saturated rings. The SMILES string of the molecule is CC(c1ccccn1)C(Br)c1ccc(F)c(Br)c1. The fourth-order valence-electron chi connectivity index (χ4n) is 1.77. The average molecular weight is 373 g/mol. The summed E-state index contributed by atoms with van der Waals surface area (Å²) in [5.41, 5.74) is 2.04. The van der Waals surface area contributed by atoms with E-state index in [1.807, 2.05) is 18.2 Å². The lowest BCUT2D eigenvalue weighted by Gasteiger charge is -2.18. The average Bonchev–Trinajstić information content (AvgIpc) is 2.41. The molecule has 0 aliphatic carbocycles. The summed E-state index contributed by atoms with van der Waals surface area (Å²) in [6.07, 6.45) is 1.78. The Morgan fingerprint density at radius 1 is 1.22 bits per heavy atom. The van der Waals surface area contributed by atoms with Crippen LogP contribution in [0.15, 0.2) is 47.1 Å². The number of benzene rings is 1. The number of aromatic nitrogens is 1. The molecule has 4 heteroatoms. The predicted molar refractivity (Wildman–Crippen MR) is 78.4 cm³/mol. The van der Waals surface area contributed by atoms with Gasteiger partial charge in [0.15, 0.2) is 0 Å². The van der Waals surface area contributed by atoms with Crippen LogP contribution in [-0.2, 0) is 0 Å². The molecule has 0 N–H and O–H groups in total. The van der Waals surface area contributed by atoms with Crippen molar-refractivity contribution < 1.29 is 4.39 Å². The van der Waals surface area contributed by atoms with Crippen LogP contribution in [0.3, 0.4) is 0 Å². The number of halogens is 3. The third-order valence-electron chi connectivity index (χ3n) is 2.86. The molecule has 2 rings (SSSR count). The van der Waals surface area contributed by atoms with Crippen molar-refractivity contribution in [3.05, 3.63) is 64.1 Å². The van der Waals surface area contributed by atoms with Crippen LogP contribution in [0.2, 0.25) is 0 Å². The summed E-state index contributed by atoms with van der Waals surface area (Å²) in [7, 11) is 0. The molecule has 0 aliphatic heterocycles. The highest BCUT2D eigenvalue weighted by atomic mass is 79.9. The lowest BCUT2D eigenvalue weighted by atomic mass is 9.97. The first kappa shape index (κ1) is 13.7. The number of rotatable bonds is 3. The first-order valence-corrected chi connectivity index (χ1v) is 7.30. The van der Waals surface area contributed by atoms with Gasteiger partial charge in [-0.05, 0) is 45.8 Å². The van der Waals surface area contributed by atoms with Gasteiger partial charge >= 0.3 is 0 Å². The monoisotopic (exact) mass is 371 g/mol. The minimum atomic E-state index is -0.246. The Labute approximate surface area is 123 Å². The normalized spacial score (nSPS) is 14.2. The summed E-state index contributed by atoms with van der Waals surface area (Å²) in [6, 6.07) is 10.9. The van der Waals surface area contributed by atoms with E-state index in [1.54, 1.807) is 18.3 Å². The van der Waals surface area contributed by atoms with Crippen LogP contribution >= 0.6 is 31.9 Å². The predicted octanol–water partition coefficient (Wildman–Crippen LogP) is 5.22. The minimum absolute atomic E-state index is 0.101. The van der Waals surface area contributed by atoms with Gasteiger partial charge in [-0.15, -0.1) is 0 Å². The molecule has 0 radical (unpaired) electrons. The van der Waals surface area contributed by atoms with Crippen molar-refractivity contribution in [2.45, 2.75) is 17.7 Å². The number of alkyl halides is 1. The summed E-state index contributed by atoms with van der Waals surface area (Å²) in [5.74, 6) is -0.0347. The largest absolute Gasteiger partial charge is 0.261 e. The van der Waals surface area contributed by atoms with E-state index in [2.05, 4.69) is 43.8 Å². The van der Waals surface area contributed by atoms with E-state index in [9.17, 15) is 4.39 Å². The molecule has 0 saturated carbocycles. The summed E-state index contributed by atoms with van der Waals surface area (Å²) in [6.45, 7) is 2.10. The van der Waals surface area contributed by atoms with Gasteiger partial charge in [-0.1, -0.05) is 35.0 Å². The fraction of sp³-hybridized carbons (Fsp3) is 0.214. The first-order chi connectivity index (χ1) is 8.59. The van der Waals surface area contributed by atoms with Crippen molar-refractivity contribution >= 4 is 31.9 Å². The van der Waals surface area contributed by atoms with Crippen LogP contribution in [0.25, 0.3) is 0 Å². The number of pyridine rings is 1. The smallest absolute Gasteiger partial charge is 0.137 e. The first-order valence-electron chi connectivity index (χ1n) is 5.59. The Kier molecular flexibility index (Phi) is 4.51. The summed E-state index contributed by atoms with van der Waals surface area (Å²) in [4.78, 5) is 4.45. The molecule has 1 aromatic heterocycles. The van der Waals surface area contributed by atoms with Gasteiger partial charge in [0.2, 0.25) is 0 Å². The van der Waals surface area contributed by atoms with Crippen molar-refractivity contribution in [2.75, 3.05) is 0 Å². The summed E-state index contributed by atoms with van der Waals surface area (Å²) >= 11 is 6.87. The second-order valence-electron chi connectivity index (χ2n) is 4.12. The number of nitrogens with zero attached hydrogens (tertiary/aromatic N) is 1. The van der Waals surface area contributed by atoms with Crippen LogP contribution in [0.1, 0.15) is 28.9 Å². The molecule has 0 saturated heterocycles. The van der Waals surface area contributed by atoms with Gasteiger partial charge in [0.05, 0.1) is 4.47 Å². The third kappa shape index (κ3) is 2.98. The quantitative estimate of drug-likeness (QED) is 0.673.